The molecule has 0 fully saturated rings. The number of carbonyl (C=O) groups is 1. The van der Waals surface area contributed by atoms with E-state index in [2.05, 4.69) is 13.8 Å². The third kappa shape index (κ3) is 4.75. The molecule has 0 aromatic heterocycles. The molecule has 0 radical (unpaired) electrons. The lowest BCUT2D eigenvalue weighted by Gasteiger charge is -2.10. The Morgan fingerprint density at radius 2 is 1.62 bits per heavy atom. The number of carbonyl (C=O) groups excluding carboxylic acids is 1. The zero-order valence-electron chi connectivity index (χ0n) is 14.7. The van der Waals surface area contributed by atoms with Crippen LogP contribution in [0.3, 0.4) is 0 Å². The number of hydrogen-bond donors (Lipinski definition) is 0. The van der Waals surface area contributed by atoms with Crippen molar-refractivity contribution in [3.05, 3.63) is 53.6 Å². The first-order valence-corrected chi connectivity index (χ1v) is 8.05. The van der Waals surface area contributed by atoms with E-state index in [1.165, 1.54) is 5.56 Å². The van der Waals surface area contributed by atoms with Crippen LogP contribution in [-0.4, -0.2) is 20.2 Å². The molecule has 0 heterocycles. The van der Waals surface area contributed by atoms with Gasteiger partial charge in [0.2, 0.25) is 0 Å². The van der Waals surface area contributed by atoms with E-state index in [0.717, 1.165) is 5.56 Å². The second-order valence-corrected chi connectivity index (χ2v) is 5.89. The highest BCUT2D eigenvalue weighted by Gasteiger charge is 2.09. The van der Waals surface area contributed by atoms with Crippen LogP contribution in [0.1, 0.15) is 37.3 Å². The Balaban J connectivity index is 1.91. The zero-order valence-corrected chi connectivity index (χ0v) is 14.7. The molecule has 0 N–H and O–H groups in total. The largest absolute Gasteiger partial charge is 0.493 e. The average molecular weight is 328 g/mol. The summed E-state index contributed by atoms with van der Waals surface area (Å²) >= 11 is 0. The van der Waals surface area contributed by atoms with E-state index in [0.29, 0.717) is 36.0 Å². The van der Waals surface area contributed by atoms with Crippen LogP contribution in [0.25, 0.3) is 0 Å². The van der Waals surface area contributed by atoms with E-state index in [1.54, 1.807) is 14.2 Å². The summed E-state index contributed by atoms with van der Waals surface area (Å²) < 4.78 is 15.9. The third-order valence-corrected chi connectivity index (χ3v) is 3.84. The van der Waals surface area contributed by atoms with E-state index < -0.39 is 0 Å². The molecule has 24 heavy (non-hydrogen) atoms. The van der Waals surface area contributed by atoms with E-state index in [9.17, 15) is 4.79 Å². The molecule has 0 amide bonds. The Morgan fingerprint density at radius 1 is 0.958 bits per heavy atom. The Kier molecular flexibility index (Phi) is 6.24. The molecular formula is C20H24O4. The number of methoxy groups -OCH3 is 2. The minimum atomic E-state index is -0.248. The second kappa shape index (κ2) is 8.39. The number of ether oxygens (including phenoxy) is 3. The quantitative estimate of drug-likeness (QED) is 0.559. The van der Waals surface area contributed by atoms with Gasteiger partial charge in [0.25, 0.3) is 0 Å². The molecule has 4 heteroatoms. The summed E-state index contributed by atoms with van der Waals surface area (Å²) in [6.07, 6.45) is 0.894. The fraction of sp³-hybridized carbons (Fsp3) is 0.350. The van der Waals surface area contributed by atoms with Gasteiger partial charge in [0.15, 0.2) is 11.5 Å². The van der Waals surface area contributed by atoms with E-state index in [1.807, 2.05) is 42.5 Å². The van der Waals surface area contributed by atoms with Gasteiger partial charge >= 0.3 is 5.97 Å². The molecule has 0 bridgehead atoms. The van der Waals surface area contributed by atoms with Gasteiger partial charge in [-0.05, 0) is 47.7 Å². The standard InChI is InChI=1S/C20H24O4/c1-14(2)16-7-9-17(10-8-16)24-20(21)12-6-15-5-11-18(22-3)19(13-15)23-4/h5,7-11,13-14H,6,12H2,1-4H3. The minimum Gasteiger partial charge on any atom is -0.493 e. The first kappa shape index (κ1) is 17.9. The Bertz CT molecular complexity index is 675. The van der Waals surface area contributed by atoms with Crippen molar-refractivity contribution in [2.75, 3.05) is 14.2 Å². The summed E-state index contributed by atoms with van der Waals surface area (Å²) in [4.78, 5) is 12.0. The van der Waals surface area contributed by atoms with Gasteiger partial charge in [0, 0.05) is 6.42 Å². The Hall–Kier alpha value is -2.49. The normalized spacial score (nSPS) is 10.5. The van der Waals surface area contributed by atoms with Gasteiger partial charge in [0.05, 0.1) is 14.2 Å². The van der Waals surface area contributed by atoms with E-state index >= 15 is 0 Å². The van der Waals surface area contributed by atoms with Crippen LogP contribution >= 0.6 is 0 Å². The van der Waals surface area contributed by atoms with E-state index in [-0.39, 0.29) is 5.97 Å². The number of aryl methyl sites for hydroxylation is 1. The molecular weight excluding hydrogens is 304 g/mol. The molecule has 0 aliphatic carbocycles. The van der Waals surface area contributed by atoms with Crippen LogP contribution in [-0.2, 0) is 11.2 Å². The van der Waals surface area contributed by atoms with Gasteiger partial charge in [-0.25, -0.2) is 0 Å². The maximum atomic E-state index is 12.0. The van der Waals surface area contributed by atoms with Gasteiger partial charge in [-0.2, -0.15) is 0 Å². The molecule has 0 unspecified atom stereocenters. The Labute approximate surface area is 143 Å². The van der Waals surface area contributed by atoms with E-state index in [4.69, 9.17) is 14.2 Å². The predicted molar refractivity (Wildman–Crippen MR) is 94.0 cm³/mol. The predicted octanol–water partition coefficient (Wildman–Crippen LogP) is 4.37. The van der Waals surface area contributed by atoms with Crippen molar-refractivity contribution in [2.24, 2.45) is 0 Å². The third-order valence-electron chi connectivity index (χ3n) is 3.84. The van der Waals surface area contributed by atoms with Crippen molar-refractivity contribution in [2.45, 2.75) is 32.6 Å². The molecule has 4 nitrogen and oxygen atoms in total. The highest BCUT2D eigenvalue weighted by molar-refractivity contribution is 5.72. The molecule has 0 aliphatic rings. The fourth-order valence-electron chi connectivity index (χ4n) is 2.39. The SMILES string of the molecule is COc1ccc(CCC(=O)Oc2ccc(C(C)C)cc2)cc1OC. The highest BCUT2D eigenvalue weighted by atomic mass is 16.5. The number of hydrogen-bond acceptors (Lipinski definition) is 4. The maximum Gasteiger partial charge on any atom is 0.311 e. The lowest BCUT2D eigenvalue weighted by molar-refractivity contribution is -0.134. The van der Waals surface area contributed by atoms with Gasteiger partial charge in [0.1, 0.15) is 5.75 Å². The lowest BCUT2D eigenvalue weighted by atomic mass is 10.0. The Morgan fingerprint density at radius 3 is 2.21 bits per heavy atom. The molecule has 0 aliphatic heterocycles. The molecule has 2 rings (SSSR count). The number of benzene rings is 2. The van der Waals surface area contributed by atoms with Crippen molar-refractivity contribution >= 4 is 5.97 Å². The molecule has 2 aromatic carbocycles. The average Bonchev–Trinajstić information content (AvgIpc) is 2.60. The topological polar surface area (TPSA) is 44.8 Å². The lowest BCUT2D eigenvalue weighted by Crippen LogP contribution is -2.09. The first-order valence-electron chi connectivity index (χ1n) is 8.05. The second-order valence-electron chi connectivity index (χ2n) is 5.89. The minimum absolute atomic E-state index is 0.248. The van der Waals surface area contributed by atoms with Gasteiger partial charge < -0.3 is 14.2 Å². The highest BCUT2D eigenvalue weighted by Crippen LogP contribution is 2.28. The van der Waals surface area contributed by atoms with Crippen molar-refractivity contribution < 1.29 is 19.0 Å². The van der Waals surface area contributed by atoms with Gasteiger partial charge in [-0.1, -0.05) is 32.0 Å². The summed E-state index contributed by atoms with van der Waals surface area (Å²) in [6.45, 7) is 4.26. The summed E-state index contributed by atoms with van der Waals surface area (Å²) in [5, 5.41) is 0. The zero-order chi connectivity index (χ0) is 17.5. The van der Waals surface area contributed by atoms with Crippen molar-refractivity contribution in [1.29, 1.82) is 0 Å². The van der Waals surface area contributed by atoms with Crippen molar-refractivity contribution in [1.82, 2.24) is 0 Å². The molecule has 128 valence electrons. The maximum absolute atomic E-state index is 12.0. The monoisotopic (exact) mass is 328 g/mol. The van der Waals surface area contributed by atoms with Crippen molar-refractivity contribution in [3.8, 4) is 17.2 Å². The molecule has 0 atom stereocenters. The number of rotatable bonds is 7. The summed E-state index contributed by atoms with van der Waals surface area (Å²) in [7, 11) is 3.19. The molecule has 0 saturated heterocycles. The van der Waals surface area contributed by atoms with Crippen LogP contribution < -0.4 is 14.2 Å². The van der Waals surface area contributed by atoms with Crippen LogP contribution in [0, 0.1) is 0 Å². The summed E-state index contributed by atoms with van der Waals surface area (Å²) in [6, 6.07) is 13.3. The molecule has 0 spiro atoms. The smallest absolute Gasteiger partial charge is 0.311 e. The molecule has 2 aromatic rings. The van der Waals surface area contributed by atoms with Crippen LogP contribution in [0.15, 0.2) is 42.5 Å². The van der Waals surface area contributed by atoms with Gasteiger partial charge in [-0.15, -0.1) is 0 Å². The number of esters is 1. The van der Waals surface area contributed by atoms with Crippen LogP contribution in [0.5, 0.6) is 17.2 Å². The first-order chi connectivity index (χ1) is 11.5. The van der Waals surface area contributed by atoms with Crippen molar-refractivity contribution in [3.63, 3.8) is 0 Å². The summed E-state index contributed by atoms with van der Waals surface area (Å²) in [5.74, 6) is 2.13. The van der Waals surface area contributed by atoms with Gasteiger partial charge in [-0.3, -0.25) is 4.79 Å². The van der Waals surface area contributed by atoms with Crippen LogP contribution in [0.2, 0.25) is 0 Å². The molecule has 0 saturated carbocycles. The fourth-order valence-corrected chi connectivity index (χ4v) is 2.39. The van der Waals surface area contributed by atoms with Crippen LogP contribution in [0.4, 0.5) is 0 Å². The summed E-state index contributed by atoms with van der Waals surface area (Å²) in [5.41, 5.74) is 2.22.